The van der Waals surface area contributed by atoms with Crippen LogP contribution in [0.15, 0.2) is 65.7 Å². The Bertz CT molecular complexity index is 666. The molecule has 2 aromatic carbocycles. The third kappa shape index (κ3) is 2.38. The van der Waals surface area contributed by atoms with Crippen LogP contribution in [0.4, 0.5) is 0 Å². The molecule has 0 saturated carbocycles. The summed E-state index contributed by atoms with van der Waals surface area (Å²) in [6.45, 7) is 0.771. The Balaban J connectivity index is 1.98. The van der Waals surface area contributed by atoms with Gasteiger partial charge in [-0.05, 0) is 23.3 Å². The molecule has 0 amide bonds. The highest BCUT2D eigenvalue weighted by molar-refractivity contribution is 6.10. The number of carbonyl (C=O) groups is 1. The smallest absolute Gasteiger partial charge is 0.150 e. The van der Waals surface area contributed by atoms with Crippen molar-refractivity contribution in [3.8, 4) is 11.1 Å². The Kier molecular flexibility index (Phi) is 3.07. The predicted octanol–water partition coefficient (Wildman–Crippen LogP) is 3.53. The maximum absolute atomic E-state index is 10.7. The van der Waals surface area contributed by atoms with Gasteiger partial charge in [0, 0.05) is 11.1 Å². The lowest BCUT2D eigenvalue weighted by Gasteiger charge is -2.05. The molecule has 3 rings (SSSR count). The second kappa shape index (κ2) is 5.02. The Hall–Kier alpha value is -2.48. The van der Waals surface area contributed by atoms with Crippen molar-refractivity contribution in [2.75, 3.05) is 6.54 Å². The largest absolute Gasteiger partial charge is 0.298 e. The zero-order valence-electron chi connectivity index (χ0n) is 10.4. The maximum atomic E-state index is 10.7. The van der Waals surface area contributed by atoms with Gasteiger partial charge >= 0.3 is 0 Å². The highest BCUT2D eigenvalue weighted by Gasteiger charge is 2.05. The number of allylic oxidation sites excluding steroid dienone is 1. The van der Waals surface area contributed by atoms with E-state index >= 15 is 0 Å². The molecule has 0 spiro atoms. The van der Waals surface area contributed by atoms with Crippen LogP contribution in [-0.2, 0) is 0 Å². The molecule has 1 aliphatic heterocycles. The van der Waals surface area contributed by atoms with E-state index in [1.165, 1.54) is 0 Å². The summed E-state index contributed by atoms with van der Waals surface area (Å²) in [5, 5.41) is 0. The Morgan fingerprint density at radius 2 is 1.74 bits per heavy atom. The number of nitrogens with zero attached hydrogens (tertiary/aromatic N) is 1. The van der Waals surface area contributed by atoms with Crippen molar-refractivity contribution < 1.29 is 4.79 Å². The summed E-state index contributed by atoms with van der Waals surface area (Å²) in [5.74, 6) is 0. The van der Waals surface area contributed by atoms with E-state index in [9.17, 15) is 4.79 Å². The third-order valence-corrected chi connectivity index (χ3v) is 3.18. The topological polar surface area (TPSA) is 29.4 Å². The van der Waals surface area contributed by atoms with Crippen molar-refractivity contribution in [3.05, 3.63) is 71.8 Å². The van der Waals surface area contributed by atoms with Crippen LogP contribution in [0, 0.1) is 0 Å². The van der Waals surface area contributed by atoms with Gasteiger partial charge in [-0.25, -0.2) is 0 Å². The van der Waals surface area contributed by atoms with Gasteiger partial charge in [-0.3, -0.25) is 9.79 Å². The monoisotopic (exact) mass is 247 g/mol. The second-order valence-corrected chi connectivity index (χ2v) is 4.45. The standard InChI is InChI=1S/C17H13NO/c19-12-13-6-8-14(9-7-13)15-3-1-4-16(11-15)17-5-2-10-18-17/h1-9,11-12H,10H2. The van der Waals surface area contributed by atoms with Crippen molar-refractivity contribution in [2.45, 2.75) is 0 Å². The minimum atomic E-state index is 0.697. The minimum Gasteiger partial charge on any atom is -0.298 e. The average molecular weight is 247 g/mol. The van der Waals surface area contributed by atoms with Crippen LogP contribution in [0.3, 0.4) is 0 Å². The number of aliphatic imine (C=N–C) groups is 1. The lowest BCUT2D eigenvalue weighted by molar-refractivity contribution is 0.112. The summed E-state index contributed by atoms with van der Waals surface area (Å²) in [6.07, 6.45) is 4.97. The summed E-state index contributed by atoms with van der Waals surface area (Å²) in [4.78, 5) is 15.1. The molecule has 0 bridgehead atoms. The zero-order valence-corrected chi connectivity index (χ0v) is 10.4. The molecule has 92 valence electrons. The molecule has 0 aliphatic carbocycles. The van der Waals surface area contributed by atoms with E-state index in [0.29, 0.717) is 5.56 Å². The van der Waals surface area contributed by atoms with Gasteiger partial charge in [-0.15, -0.1) is 0 Å². The summed E-state index contributed by atoms with van der Waals surface area (Å²) in [6, 6.07) is 15.9. The average Bonchev–Trinajstić information content (AvgIpc) is 3.02. The van der Waals surface area contributed by atoms with Crippen LogP contribution in [0.1, 0.15) is 15.9 Å². The minimum absolute atomic E-state index is 0.697. The van der Waals surface area contributed by atoms with Crippen LogP contribution in [0.2, 0.25) is 0 Å². The fourth-order valence-corrected chi connectivity index (χ4v) is 2.17. The molecule has 1 heterocycles. The Morgan fingerprint density at radius 1 is 0.947 bits per heavy atom. The van der Waals surface area contributed by atoms with E-state index in [2.05, 4.69) is 35.3 Å². The van der Waals surface area contributed by atoms with E-state index in [4.69, 9.17) is 0 Å². The van der Waals surface area contributed by atoms with Gasteiger partial charge in [0.1, 0.15) is 6.29 Å². The van der Waals surface area contributed by atoms with Gasteiger partial charge in [0.15, 0.2) is 0 Å². The molecule has 1 aliphatic rings. The summed E-state index contributed by atoms with van der Waals surface area (Å²) in [5.41, 5.74) is 5.10. The highest BCUT2D eigenvalue weighted by atomic mass is 16.1. The quantitative estimate of drug-likeness (QED) is 0.763. The molecule has 0 aromatic heterocycles. The first-order valence-electron chi connectivity index (χ1n) is 6.24. The van der Waals surface area contributed by atoms with Crippen LogP contribution >= 0.6 is 0 Å². The SMILES string of the molecule is O=Cc1ccc(-c2cccc(C3=NCC=C3)c2)cc1. The van der Waals surface area contributed by atoms with Gasteiger partial charge in [0.05, 0.1) is 12.3 Å². The number of rotatable bonds is 3. The van der Waals surface area contributed by atoms with Gasteiger partial charge in [0.25, 0.3) is 0 Å². The first-order chi connectivity index (χ1) is 9.36. The number of hydrogen-bond acceptors (Lipinski definition) is 2. The Morgan fingerprint density at radius 3 is 2.42 bits per heavy atom. The molecule has 0 atom stereocenters. The fourth-order valence-electron chi connectivity index (χ4n) is 2.17. The fraction of sp³-hybridized carbons (Fsp3) is 0.0588. The normalized spacial score (nSPS) is 13.4. The molecule has 0 unspecified atom stereocenters. The van der Waals surface area contributed by atoms with Crippen LogP contribution in [0.5, 0.6) is 0 Å². The van der Waals surface area contributed by atoms with E-state index in [1.54, 1.807) is 0 Å². The molecular weight excluding hydrogens is 234 g/mol. The highest BCUT2D eigenvalue weighted by Crippen LogP contribution is 2.21. The molecular formula is C17H13NO. The van der Waals surface area contributed by atoms with Crippen molar-refractivity contribution in [2.24, 2.45) is 4.99 Å². The number of benzene rings is 2. The number of carbonyl (C=O) groups excluding carboxylic acids is 1. The Labute approximate surface area is 112 Å². The molecule has 2 aromatic rings. The van der Waals surface area contributed by atoms with E-state index in [1.807, 2.05) is 30.3 Å². The molecule has 2 nitrogen and oxygen atoms in total. The molecule has 0 N–H and O–H groups in total. The van der Waals surface area contributed by atoms with Gasteiger partial charge in [-0.1, -0.05) is 48.5 Å². The van der Waals surface area contributed by atoms with E-state index in [-0.39, 0.29) is 0 Å². The molecule has 2 heteroatoms. The van der Waals surface area contributed by atoms with Gasteiger partial charge in [0.2, 0.25) is 0 Å². The van der Waals surface area contributed by atoms with Crippen molar-refractivity contribution in [3.63, 3.8) is 0 Å². The third-order valence-electron chi connectivity index (χ3n) is 3.18. The summed E-state index contributed by atoms with van der Waals surface area (Å²) >= 11 is 0. The zero-order chi connectivity index (χ0) is 13.1. The predicted molar refractivity (Wildman–Crippen MR) is 77.8 cm³/mol. The summed E-state index contributed by atoms with van der Waals surface area (Å²) in [7, 11) is 0. The molecule has 0 fully saturated rings. The molecule has 0 radical (unpaired) electrons. The first kappa shape index (κ1) is 11.6. The second-order valence-electron chi connectivity index (χ2n) is 4.45. The lowest BCUT2D eigenvalue weighted by Crippen LogP contribution is -1.94. The van der Waals surface area contributed by atoms with Crippen LogP contribution in [-0.4, -0.2) is 18.5 Å². The summed E-state index contributed by atoms with van der Waals surface area (Å²) < 4.78 is 0. The lowest BCUT2D eigenvalue weighted by atomic mass is 10.0. The van der Waals surface area contributed by atoms with E-state index in [0.717, 1.165) is 35.2 Å². The number of hydrogen-bond donors (Lipinski definition) is 0. The molecule has 19 heavy (non-hydrogen) atoms. The first-order valence-corrected chi connectivity index (χ1v) is 6.24. The van der Waals surface area contributed by atoms with Crippen LogP contribution < -0.4 is 0 Å². The number of aldehydes is 1. The van der Waals surface area contributed by atoms with E-state index < -0.39 is 0 Å². The van der Waals surface area contributed by atoms with Gasteiger partial charge in [-0.2, -0.15) is 0 Å². The van der Waals surface area contributed by atoms with Crippen molar-refractivity contribution in [1.29, 1.82) is 0 Å². The van der Waals surface area contributed by atoms with Crippen LogP contribution in [0.25, 0.3) is 11.1 Å². The maximum Gasteiger partial charge on any atom is 0.150 e. The van der Waals surface area contributed by atoms with Crippen molar-refractivity contribution >= 4 is 12.0 Å². The van der Waals surface area contributed by atoms with Crippen molar-refractivity contribution in [1.82, 2.24) is 0 Å². The van der Waals surface area contributed by atoms with Gasteiger partial charge < -0.3 is 0 Å². The molecule has 0 saturated heterocycles.